The number of carbonyl (C=O) groups is 2. The van der Waals surface area contributed by atoms with Crippen LogP contribution >= 0.6 is 0 Å². The lowest BCUT2D eigenvalue weighted by atomic mass is 9.94. The molecule has 1 fully saturated rings. The quantitative estimate of drug-likeness (QED) is 0.404. The lowest BCUT2D eigenvalue weighted by Crippen LogP contribution is -2.36. The summed E-state index contributed by atoms with van der Waals surface area (Å²) in [7, 11) is 0. The van der Waals surface area contributed by atoms with Gasteiger partial charge in [0.05, 0.1) is 30.0 Å². The zero-order valence-corrected chi connectivity index (χ0v) is 20.2. The van der Waals surface area contributed by atoms with E-state index >= 15 is 0 Å². The van der Waals surface area contributed by atoms with Gasteiger partial charge in [-0.2, -0.15) is 5.10 Å². The van der Waals surface area contributed by atoms with E-state index in [1.54, 1.807) is 22.9 Å². The van der Waals surface area contributed by atoms with Crippen LogP contribution in [0, 0.1) is 5.82 Å². The third kappa shape index (κ3) is 7.22. The Balaban J connectivity index is 1.97. The number of aliphatic hydroxyl groups excluding tert-OH is 2. The molecule has 0 saturated heterocycles. The molecule has 2 atom stereocenters. The molecule has 9 heteroatoms. The van der Waals surface area contributed by atoms with Gasteiger partial charge in [-0.15, -0.1) is 0 Å². The first-order chi connectivity index (χ1) is 16.7. The molecule has 8 nitrogen and oxygen atoms in total. The number of aliphatic carboxylic acids is 1. The number of nitrogens with zero attached hydrogens (tertiary/aromatic N) is 2. The minimum Gasteiger partial charge on any atom is -0.481 e. The molecule has 2 aromatic rings. The Morgan fingerprint density at radius 2 is 1.83 bits per heavy atom. The van der Waals surface area contributed by atoms with Crippen molar-refractivity contribution in [1.29, 1.82) is 0 Å². The van der Waals surface area contributed by atoms with E-state index in [0.29, 0.717) is 16.9 Å². The van der Waals surface area contributed by atoms with Crippen molar-refractivity contribution in [3.8, 4) is 5.69 Å². The van der Waals surface area contributed by atoms with Crippen LogP contribution in [0.15, 0.2) is 30.3 Å². The van der Waals surface area contributed by atoms with Gasteiger partial charge in [-0.3, -0.25) is 9.59 Å². The van der Waals surface area contributed by atoms with Crippen LogP contribution in [0.5, 0.6) is 0 Å². The summed E-state index contributed by atoms with van der Waals surface area (Å²) in [4.78, 5) is 24.1. The maximum atomic E-state index is 13.6. The largest absolute Gasteiger partial charge is 0.481 e. The Labute approximate surface area is 204 Å². The molecule has 0 unspecified atom stereocenters. The predicted molar refractivity (Wildman–Crippen MR) is 130 cm³/mol. The molecule has 1 aliphatic rings. The monoisotopic (exact) mass is 487 g/mol. The lowest BCUT2D eigenvalue weighted by Gasteiger charge is -2.22. The topological polar surface area (TPSA) is 125 Å². The fraction of sp³-hybridized carbons (Fsp3) is 0.500. The van der Waals surface area contributed by atoms with Gasteiger partial charge in [0.15, 0.2) is 5.69 Å². The van der Waals surface area contributed by atoms with Crippen molar-refractivity contribution in [3.05, 3.63) is 53.1 Å². The van der Waals surface area contributed by atoms with E-state index in [0.717, 1.165) is 25.7 Å². The number of carboxylic acids is 1. The number of aliphatic hydroxyl groups is 2. The standard InChI is InChI=1S/C26H34FN3O5/c1-16(2)24-22(13-12-20(31)14-21(32)15-23(33)34)30(19-10-8-17(27)9-11-19)29-25(24)26(35)28-18-6-4-3-5-7-18/h8-13,16,18,20-21,31-32H,3-7,14-15H2,1-2H3,(H,28,35)(H,33,34)/t20-,21-/m1/s1. The fourth-order valence-corrected chi connectivity index (χ4v) is 4.46. The van der Waals surface area contributed by atoms with Crippen LogP contribution < -0.4 is 5.32 Å². The van der Waals surface area contributed by atoms with Crippen LogP contribution in [0.25, 0.3) is 11.8 Å². The first kappa shape index (κ1) is 26.6. The molecule has 35 heavy (non-hydrogen) atoms. The Morgan fingerprint density at radius 1 is 1.17 bits per heavy atom. The minimum absolute atomic E-state index is 0.0919. The Hall–Kier alpha value is -3.04. The van der Waals surface area contributed by atoms with Gasteiger partial charge in [0, 0.05) is 18.0 Å². The molecular formula is C26H34FN3O5. The van der Waals surface area contributed by atoms with Crippen molar-refractivity contribution in [2.45, 2.75) is 83.0 Å². The number of halogens is 1. The number of aromatic nitrogens is 2. The summed E-state index contributed by atoms with van der Waals surface area (Å²) >= 11 is 0. The van der Waals surface area contributed by atoms with Crippen molar-refractivity contribution in [3.63, 3.8) is 0 Å². The van der Waals surface area contributed by atoms with Gasteiger partial charge in [-0.1, -0.05) is 39.2 Å². The summed E-state index contributed by atoms with van der Waals surface area (Å²) in [6.45, 7) is 3.88. The average molecular weight is 488 g/mol. The van der Waals surface area contributed by atoms with Crippen molar-refractivity contribution >= 4 is 18.0 Å². The van der Waals surface area contributed by atoms with E-state index in [-0.39, 0.29) is 30.0 Å². The number of amides is 1. The van der Waals surface area contributed by atoms with Crippen LogP contribution in [-0.4, -0.2) is 55.2 Å². The van der Waals surface area contributed by atoms with E-state index in [4.69, 9.17) is 5.11 Å². The number of rotatable bonds is 10. The smallest absolute Gasteiger partial charge is 0.305 e. The van der Waals surface area contributed by atoms with Crippen molar-refractivity contribution in [2.24, 2.45) is 0 Å². The van der Waals surface area contributed by atoms with Crippen LogP contribution in [0.4, 0.5) is 4.39 Å². The molecule has 0 bridgehead atoms. The van der Waals surface area contributed by atoms with Gasteiger partial charge in [-0.05, 0) is 49.1 Å². The average Bonchev–Trinajstić information content (AvgIpc) is 3.18. The number of nitrogens with one attached hydrogen (secondary N) is 1. The normalized spacial score (nSPS) is 16.5. The molecule has 1 heterocycles. The van der Waals surface area contributed by atoms with Gasteiger partial charge in [0.2, 0.25) is 0 Å². The molecule has 1 aliphatic carbocycles. The second-order valence-corrected chi connectivity index (χ2v) is 9.41. The van der Waals surface area contributed by atoms with Crippen LogP contribution in [-0.2, 0) is 4.79 Å². The highest BCUT2D eigenvalue weighted by Crippen LogP contribution is 2.29. The molecule has 1 amide bonds. The van der Waals surface area contributed by atoms with Crippen LogP contribution in [0.1, 0.15) is 86.5 Å². The van der Waals surface area contributed by atoms with Gasteiger partial charge < -0.3 is 20.6 Å². The number of carbonyl (C=O) groups excluding carboxylic acids is 1. The van der Waals surface area contributed by atoms with E-state index in [9.17, 15) is 24.2 Å². The van der Waals surface area contributed by atoms with E-state index in [1.165, 1.54) is 24.6 Å². The molecule has 1 saturated carbocycles. The fourth-order valence-electron chi connectivity index (χ4n) is 4.46. The van der Waals surface area contributed by atoms with Crippen LogP contribution in [0.2, 0.25) is 0 Å². The summed E-state index contributed by atoms with van der Waals surface area (Å²) < 4.78 is 15.1. The molecule has 0 radical (unpaired) electrons. The van der Waals surface area contributed by atoms with Gasteiger partial charge >= 0.3 is 5.97 Å². The van der Waals surface area contributed by atoms with E-state index in [1.807, 2.05) is 13.8 Å². The minimum atomic E-state index is -1.20. The molecule has 3 rings (SSSR count). The zero-order chi connectivity index (χ0) is 25.5. The molecular weight excluding hydrogens is 453 g/mol. The number of hydrogen-bond acceptors (Lipinski definition) is 5. The van der Waals surface area contributed by atoms with Gasteiger partial charge in [0.25, 0.3) is 5.91 Å². The third-order valence-electron chi connectivity index (χ3n) is 6.16. The maximum Gasteiger partial charge on any atom is 0.305 e. The number of benzene rings is 1. The summed E-state index contributed by atoms with van der Waals surface area (Å²) in [5.41, 5.74) is 2.05. The first-order valence-electron chi connectivity index (χ1n) is 12.1. The van der Waals surface area contributed by atoms with Gasteiger partial charge in [0.1, 0.15) is 5.82 Å². The maximum absolute atomic E-state index is 13.6. The van der Waals surface area contributed by atoms with E-state index < -0.39 is 30.4 Å². The van der Waals surface area contributed by atoms with Crippen molar-refractivity contribution in [1.82, 2.24) is 15.1 Å². The first-order valence-corrected chi connectivity index (χ1v) is 12.1. The Bertz CT molecular complexity index is 1040. The molecule has 0 aliphatic heterocycles. The summed E-state index contributed by atoms with van der Waals surface area (Å²) in [6.07, 6.45) is 5.30. The van der Waals surface area contributed by atoms with Gasteiger partial charge in [-0.25, -0.2) is 9.07 Å². The second-order valence-electron chi connectivity index (χ2n) is 9.41. The molecule has 190 valence electrons. The molecule has 1 aromatic carbocycles. The van der Waals surface area contributed by atoms with Crippen molar-refractivity contribution in [2.75, 3.05) is 0 Å². The summed E-state index contributed by atoms with van der Waals surface area (Å²) in [5.74, 6) is -1.92. The molecule has 1 aromatic heterocycles. The van der Waals surface area contributed by atoms with E-state index in [2.05, 4.69) is 10.4 Å². The SMILES string of the molecule is CC(C)c1c(C(=O)NC2CCCCC2)nn(-c2ccc(F)cc2)c1C=C[C@@H](O)C[C@@H](O)CC(=O)O. The highest BCUT2D eigenvalue weighted by Gasteiger charge is 2.27. The zero-order valence-electron chi connectivity index (χ0n) is 20.2. The number of hydrogen-bond donors (Lipinski definition) is 4. The molecule has 0 spiro atoms. The predicted octanol–water partition coefficient (Wildman–Crippen LogP) is 3.80. The second kappa shape index (κ2) is 12.1. The highest BCUT2D eigenvalue weighted by atomic mass is 19.1. The highest BCUT2D eigenvalue weighted by molar-refractivity contribution is 5.95. The third-order valence-corrected chi connectivity index (χ3v) is 6.16. The van der Waals surface area contributed by atoms with Crippen LogP contribution in [0.3, 0.4) is 0 Å². The lowest BCUT2D eigenvalue weighted by molar-refractivity contribution is -0.139. The number of carboxylic acid groups (broad SMARTS) is 1. The summed E-state index contributed by atoms with van der Waals surface area (Å²) in [6, 6.07) is 5.82. The Kier molecular flexibility index (Phi) is 9.17. The Morgan fingerprint density at radius 3 is 2.43 bits per heavy atom. The molecule has 4 N–H and O–H groups in total. The van der Waals surface area contributed by atoms with Crippen molar-refractivity contribution < 1.29 is 29.3 Å². The summed E-state index contributed by atoms with van der Waals surface area (Å²) in [5, 5.41) is 36.7.